The van der Waals surface area contributed by atoms with Crippen LogP contribution in [0.15, 0.2) is 30.3 Å². The lowest BCUT2D eigenvalue weighted by molar-refractivity contribution is -0.116. The topological polar surface area (TPSA) is 29.1 Å². The molecule has 0 bridgehead atoms. The Kier molecular flexibility index (Phi) is 6.80. The second-order valence-electron chi connectivity index (χ2n) is 3.85. The second-order valence-corrected chi connectivity index (χ2v) is 3.85. The first-order chi connectivity index (χ1) is 6.68. The molecule has 0 fully saturated rings. The standard InChI is InChI=1S/C12H17NO.ClH/c1-10(2)8-9-12(14)13-11-6-4-3-5-7-11;/h3-7,10H,8-9H2,1-2H3,(H,13,14);1H. The highest BCUT2D eigenvalue weighted by Crippen LogP contribution is 2.08. The number of benzene rings is 1. The van der Waals surface area contributed by atoms with Crippen molar-refractivity contribution >= 4 is 24.0 Å². The smallest absolute Gasteiger partial charge is 0.224 e. The number of nitrogens with one attached hydrogen (secondary N) is 1. The first kappa shape index (κ1) is 14.0. The van der Waals surface area contributed by atoms with Crippen molar-refractivity contribution in [1.29, 1.82) is 0 Å². The van der Waals surface area contributed by atoms with Gasteiger partial charge < -0.3 is 5.32 Å². The predicted molar refractivity (Wildman–Crippen MR) is 66.4 cm³/mol. The van der Waals surface area contributed by atoms with E-state index in [0.717, 1.165) is 12.1 Å². The molecule has 1 amide bonds. The molecule has 1 N–H and O–H groups in total. The van der Waals surface area contributed by atoms with E-state index in [1.165, 1.54) is 0 Å². The van der Waals surface area contributed by atoms with Crippen LogP contribution in [0.2, 0.25) is 0 Å². The molecular weight excluding hydrogens is 210 g/mol. The summed E-state index contributed by atoms with van der Waals surface area (Å²) in [6.07, 6.45) is 1.55. The van der Waals surface area contributed by atoms with Gasteiger partial charge in [0, 0.05) is 12.1 Å². The van der Waals surface area contributed by atoms with Crippen LogP contribution in [0.1, 0.15) is 26.7 Å². The maximum atomic E-state index is 11.4. The molecule has 1 rings (SSSR count). The second kappa shape index (κ2) is 7.30. The molecule has 0 aliphatic rings. The molecular formula is C12H18ClNO. The Morgan fingerprint density at radius 3 is 2.40 bits per heavy atom. The zero-order valence-corrected chi connectivity index (χ0v) is 10.0. The SMILES string of the molecule is CC(C)CCC(=O)Nc1ccccc1.Cl. The third kappa shape index (κ3) is 6.13. The average molecular weight is 228 g/mol. The summed E-state index contributed by atoms with van der Waals surface area (Å²) in [4.78, 5) is 11.4. The number of hydrogen-bond donors (Lipinski definition) is 1. The van der Waals surface area contributed by atoms with Crippen molar-refractivity contribution in [3.8, 4) is 0 Å². The summed E-state index contributed by atoms with van der Waals surface area (Å²) in [6.45, 7) is 4.24. The molecule has 0 radical (unpaired) electrons. The van der Waals surface area contributed by atoms with E-state index in [1.54, 1.807) is 0 Å². The lowest BCUT2D eigenvalue weighted by atomic mass is 10.1. The number of rotatable bonds is 4. The van der Waals surface area contributed by atoms with E-state index >= 15 is 0 Å². The monoisotopic (exact) mass is 227 g/mol. The number of halogens is 1. The molecule has 1 aromatic rings. The Morgan fingerprint density at radius 1 is 1.27 bits per heavy atom. The minimum Gasteiger partial charge on any atom is -0.326 e. The van der Waals surface area contributed by atoms with E-state index in [1.807, 2.05) is 30.3 Å². The molecule has 0 aromatic heterocycles. The van der Waals surface area contributed by atoms with Gasteiger partial charge in [-0.05, 0) is 24.5 Å². The van der Waals surface area contributed by atoms with Crippen LogP contribution in [-0.4, -0.2) is 5.91 Å². The van der Waals surface area contributed by atoms with Crippen LogP contribution < -0.4 is 5.32 Å². The number of anilines is 1. The van der Waals surface area contributed by atoms with E-state index in [-0.39, 0.29) is 18.3 Å². The van der Waals surface area contributed by atoms with Crippen molar-refractivity contribution in [2.45, 2.75) is 26.7 Å². The van der Waals surface area contributed by atoms with Crippen LogP contribution in [-0.2, 0) is 4.79 Å². The highest BCUT2D eigenvalue weighted by Gasteiger charge is 2.02. The third-order valence-corrected chi connectivity index (χ3v) is 2.01. The molecule has 0 unspecified atom stereocenters. The number of carbonyl (C=O) groups is 1. The minimum atomic E-state index is 0. The zero-order chi connectivity index (χ0) is 10.4. The van der Waals surface area contributed by atoms with Crippen molar-refractivity contribution in [3.05, 3.63) is 30.3 Å². The molecule has 84 valence electrons. The molecule has 0 aliphatic carbocycles. The zero-order valence-electron chi connectivity index (χ0n) is 9.19. The summed E-state index contributed by atoms with van der Waals surface area (Å²) in [6, 6.07) is 9.56. The third-order valence-electron chi connectivity index (χ3n) is 2.01. The highest BCUT2D eigenvalue weighted by atomic mass is 35.5. The van der Waals surface area contributed by atoms with E-state index in [0.29, 0.717) is 12.3 Å². The van der Waals surface area contributed by atoms with E-state index in [2.05, 4.69) is 19.2 Å². The summed E-state index contributed by atoms with van der Waals surface area (Å²) >= 11 is 0. The van der Waals surface area contributed by atoms with Crippen molar-refractivity contribution in [2.75, 3.05) is 5.32 Å². The van der Waals surface area contributed by atoms with E-state index < -0.39 is 0 Å². The summed E-state index contributed by atoms with van der Waals surface area (Å²) in [7, 11) is 0. The average Bonchev–Trinajstić information content (AvgIpc) is 2.16. The highest BCUT2D eigenvalue weighted by molar-refractivity contribution is 5.90. The minimum absolute atomic E-state index is 0. The van der Waals surface area contributed by atoms with Crippen molar-refractivity contribution in [1.82, 2.24) is 0 Å². The molecule has 3 heteroatoms. The van der Waals surface area contributed by atoms with Gasteiger partial charge in [0.2, 0.25) is 5.91 Å². The molecule has 15 heavy (non-hydrogen) atoms. The summed E-state index contributed by atoms with van der Waals surface area (Å²) < 4.78 is 0. The van der Waals surface area contributed by atoms with Gasteiger partial charge in [0.15, 0.2) is 0 Å². The Balaban J connectivity index is 0.00000196. The fourth-order valence-corrected chi connectivity index (χ4v) is 1.16. The van der Waals surface area contributed by atoms with Gasteiger partial charge in [0.05, 0.1) is 0 Å². The fourth-order valence-electron chi connectivity index (χ4n) is 1.16. The fraction of sp³-hybridized carbons (Fsp3) is 0.417. The maximum Gasteiger partial charge on any atom is 0.224 e. The largest absolute Gasteiger partial charge is 0.326 e. The number of para-hydroxylation sites is 1. The Hall–Kier alpha value is -1.02. The summed E-state index contributed by atoms with van der Waals surface area (Å²) in [5.41, 5.74) is 0.876. The van der Waals surface area contributed by atoms with Crippen LogP contribution in [0.4, 0.5) is 5.69 Å². The normalized spacial score (nSPS) is 9.53. The van der Waals surface area contributed by atoms with Crippen LogP contribution in [0.5, 0.6) is 0 Å². The molecule has 0 aliphatic heterocycles. The van der Waals surface area contributed by atoms with Crippen molar-refractivity contribution < 1.29 is 4.79 Å². The van der Waals surface area contributed by atoms with Gasteiger partial charge in [-0.15, -0.1) is 12.4 Å². The molecule has 0 heterocycles. The number of amides is 1. The van der Waals surface area contributed by atoms with E-state index in [9.17, 15) is 4.79 Å². The molecule has 2 nitrogen and oxygen atoms in total. The van der Waals surface area contributed by atoms with Gasteiger partial charge in [-0.3, -0.25) is 4.79 Å². The number of carbonyl (C=O) groups excluding carboxylic acids is 1. The molecule has 0 saturated carbocycles. The Labute approximate surface area is 97.5 Å². The Bertz CT molecular complexity index is 285. The number of hydrogen-bond acceptors (Lipinski definition) is 1. The predicted octanol–water partition coefficient (Wildman–Crippen LogP) is 3.48. The molecule has 1 aromatic carbocycles. The van der Waals surface area contributed by atoms with Crippen LogP contribution in [0, 0.1) is 5.92 Å². The van der Waals surface area contributed by atoms with Gasteiger partial charge in [-0.25, -0.2) is 0 Å². The quantitative estimate of drug-likeness (QED) is 0.839. The van der Waals surface area contributed by atoms with Crippen LogP contribution in [0.25, 0.3) is 0 Å². The van der Waals surface area contributed by atoms with Gasteiger partial charge in [-0.2, -0.15) is 0 Å². The van der Waals surface area contributed by atoms with Crippen molar-refractivity contribution in [3.63, 3.8) is 0 Å². The van der Waals surface area contributed by atoms with Gasteiger partial charge >= 0.3 is 0 Å². The molecule has 0 atom stereocenters. The lowest BCUT2D eigenvalue weighted by Gasteiger charge is -2.06. The van der Waals surface area contributed by atoms with Crippen LogP contribution >= 0.6 is 12.4 Å². The first-order valence-electron chi connectivity index (χ1n) is 5.03. The summed E-state index contributed by atoms with van der Waals surface area (Å²) in [5, 5.41) is 2.86. The van der Waals surface area contributed by atoms with Gasteiger partial charge in [0.25, 0.3) is 0 Å². The maximum absolute atomic E-state index is 11.4. The van der Waals surface area contributed by atoms with Gasteiger partial charge in [0.1, 0.15) is 0 Å². The van der Waals surface area contributed by atoms with Gasteiger partial charge in [-0.1, -0.05) is 32.0 Å². The Morgan fingerprint density at radius 2 is 1.87 bits per heavy atom. The summed E-state index contributed by atoms with van der Waals surface area (Å²) in [5.74, 6) is 0.682. The lowest BCUT2D eigenvalue weighted by Crippen LogP contribution is -2.11. The first-order valence-corrected chi connectivity index (χ1v) is 5.03. The molecule has 0 saturated heterocycles. The van der Waals surface area contributed by atoms with Crippen LogP contribution in [0.3, 0.4) is 0 Å². The van der Waals surface area contributed by atoms with E-state index in [4.69, 9.17) is 0 Å². The van der Waals surface area contributed by atoms with Crippen molar-refractivity contribution in [2.24, 2.45) is 5.92 Å². The molecule has 0 spiro atoms.